The summed E-state index contributed by atoms with van der Waals surface area (Å²) in [6.07, 6.45) is 0. The van der Waals surface area contributed by atoms with Crippen molar-refractivity contribution < 1.29 is 28.2 Å². The molecule has 0 bridgehead atoms. The average molecular weight is 513 g/mol. The van der Waals surface area contributed by atoms with E-state index >= 15 is 0 Å². The van der Waals surface area contributed by atoms with Crippen LogP contribution in [-0.2, 0) is 17.9 Å². The topological polar surface area (TPSA) is 123 Å². The lowest BCUT2D eigenvalue weighted by Gasteiger charge is -2.13. The van der Waals surface area contributed by atoms with Crippen LogP contribution in [0.1, 0.15) is 5.56 Å². The Bertz CT molecular complexity index is 1880. The molecule has 1 N–H and O–H groups in total. The van der Waals surface area contributed by atoms with Crippen molar-refractivity contribution in [1.29, 1.82) is 0 Å². The summed E-state index contributed by atoms with van der Waals surface area (Å²) in [6.45, 7) is -0.187. The summed E-state index contributed by atoms with van der Waals surface area (Å²) in [7, 11) is 0. The molecule has 38 heavy (non-hydrogen) atoms. The van der Waals surface area contributed by atoms with Crippen LogP contribution in [0.3, 0.4) is 0 Å². The molecule has 11 heteroatoms. The van der Waals surface area contributed by atoms with Gasteiger partial charge >= 0.3 is 5.69 Å². The summed E-state index contributed by atoms with van der Waals surface area (Å²) < 4.78 is 29.7. The average Bonchev–Trinajstić information content (AvgIpc) is 3.66. The van der Waals surface area contributed by atoms with Gasteiger partial charge < -0.3 is 28.7 Å². The monoisotopic (exact) mass is 513 g/mol. The van der Waals surface area contributed by atoms with Crippen LogP contribution in [0.5, 0.6) is 23.0 Å². The maximum atomic E-state index is 13.7. The van der Waals surface area contributed by atoms with Gasteiger partial charge in [0.2, 0.25) is 25.1 Å². The summed E-state index contributed by atoms with van der Waals surface area (Å²) in [5.41, 5.74) is 0.582. The predicted molar refractivity (Wildman–Crippen MR) is 135 cm³/mol. The lowest BCUT2D eigenvalue weighted by molar-refractivity contribution is -0.116. The molecule has 5 aromatic rings. The molecule has 1 amide bonds. The van der Waals surface area contributed by atoms with Crippen molar-refractivity contribution in [3.8, 4) is 23.0 Å². The molecule has 2 aliphatic rings. The summed E-state index contributed by atoms with van der Waals surface area (Å²) >= 11 is 0. The number of furan rings is 1. The lowest BCUT2D eigenvalue weighted by atomic mass is 10.2. The van der Waals surface area contributed by atoms with Gasteiger partial charge in [-0.25, -0.2) is 4.79 Å². The largest absolute Gasteiger partial charge is 0.454 e. The number of benzene rings is 3. The van der Waals surface area contributed by atoms with Crippen LogP contribution in [0.2, 0.25) is 0 Å². The van der Waals surface area contributed by atoms with E-state index < -0.39 is 17.2 Å². The number of fused-ring (bicyclic) bond motifs is 5. The number of anilines is 1. The van der Waals surface area contributed by atoms with Gasteiger partial charge in [-0.2, -0.15) is 0 Å². The fourth-order valence-corrected chi connectivity index (χ4v) is 4.72. The van der Waals surface area contributed by atoms with E-state index in [-0.39, 0.29) is 37.8 Å². The Kier molecular flexibility index (Phi) is 4.90. The molecule has 2 aliphatic heterocycles. The van der Waals surface area contributed by atoms with E-state index in [1.165, 1.54) is 4.57 Å². The van der Waals surface area contributed by atoms with Gasteiger partial charge in [0.05, 0.1) is 6.54 Å². The summed E-state index contributed by atoms with van der Waals surface area (Å²) in [5.74, 6) is 1.75. The predicted octanol–water partition coefficient (Wildman–Crippen LogP) is 3.05. The first-order valence-corrected chi connectivity index (χ1v) is 11.8. The standard InChI is InChI=1S/C27H19N3O8/c31-23(28-16-6-8-20-22(10-16)37-14-35-20)12-29-24-17-3-1-2-4-18(17)38-25(24)26(32)30(27(29)33)11-15-5-7-19-21(9-15)36-13-34-19/h1-10H,11-14H2,(H,28,31). The fourth-order valence-electron chi connectivity index (χ4n) is 4.72. The highest BCUT2D eigenvalue weighted by Crippen LogP contribution is 2.34. The van der Waals surface area contributed by atoms with Crippen molar-refractivity contribution in [1.82, 2.24) is 9.13 Å². The van der Waals surface area contributed by atoms with Crippen LogP contribution in [-0.4, -0.2) is 28.6 Å². The van der Waals surface area contributed by atoms with E-state index in [1.807, 2.05) is 0 Å². The van der Waals surface area contributed by atoms with Crippen molar-refractivity contribution in [3.63, 3.8) is 0 Å². The van der Waals surface area contributed by atoms with Gasteiger partial charge in [0.1, 0.15) is 17.6 Å². The third kappa shape index (κ3) is 3.55. The molecule has 0 aliphatic carbocycles. The zero-order valence-electron chi connectivity index (χ0n) is 19.8. The minimum atomic E-state index is -0.646. The first-order valence-electron chi connectivity index (χ1n) is 11.8. The molecule has 0 saturated carbocycles. The van der Waals surface area contributed by atoms with E-state index in [0.29, 0.717) is 45.2 Å². The minimum Gasteiger partial charge on any atom is -0.454 e. The number of nitrogens with zero attached hydrogens (tertiary/aromatic N) is 2. The van der Waals surface area contributed by atoms with Crippen LogP contribution in [0.25, 0.3) is 22.1 Å². The Morgan fingerprint density at radius 3 is 2.34 bits per heavy atom. The molecule has 11 nitrogen and oxygen atoms in total. The molecule has 3 aromatic carbocycles. The molecule has 0 radical (unpaired) electrons. The second-order valence-corrected chi connectivity index (χ2v) is 8.84. The van der Waals surface area contributed by atoms with Crippen molar-refractivity contribution in [2.75, 3.05) is 18.9 Å². The number of aromatic nitrogens is 2. The number of hydrogen-bond acceptors (Lipinski definition) is 8. The summed E-state index contributed by atoms with van der Waals surface area (Å²) in [4.78, 5) is 40.3. The molecule has 2 aromatic heterocycles. The number of carbonyl (C=O) groups is 1. The van der Waals surface area contributed by atoms with Crippen molar-refractivity contribution >= 4 is 33.7 Å². The van der Waals surface area contributed by atoms with Crippen LogP contribution < -0.4 is 35.5 Å². The maximum Gasteiger partial charge on any atom is 0.332 e. The SMILES string of the molecule is O=C(Cn1c(=O)n(Cc2ccc3c(c2)OCO3)c(=O)c2oc3ccccc3c21)Nc1ccc2c(c1)OCO2. The van der Waals surface area contributed by atoms with Crippen LogP contribution in [0.4, 0.5) is 5.69 Å². The Labute approximate surface area is 213 Å². The zero-order chi connectivity index (χ0) is 25.8. The van der Waals surface area contributed by atoms with Gasteiger partial charge in [0.15, 0.2) is 23.0 Å². The second-order valence-electron chi connectivity index (χ2n) is 8.84. The first kappa shape index (κ1) is 22.0. The Hall–Kier alpha value is -5.19. The molecular weight excluding hydrogens is 494 g/mol. The number of nitrogens with one attached hydrogen (secondary N) is 1. The molecule has 0 fully saturated rings. The van der Waals surface area contributed by atoms with Gasteiger partial charge in [-0.3, -0.25) is 18.7 Å². The highest BCUT2D eigenvalue weighted by atomic mass is 16.7. The minimum absolute atomic E-state index is 0.0116. The number of para-hydroxylation sites is 1. The maximum absolute atomic E-state index is 13.7. The van der Waals surface area contributed by atoms with Crippen molar-refractivity contribution in [3.05, 3.63) is 87.1 Å². The van der Waals surface area contributed by atoms with E-state index in [2.05, 4.69) is 5.32 Å². The number of amides is 1. The lowest BCUT2D eigenvalue weighted by Crippen LogP contribution is -2.41. The number of ether oxygens (including phenoxy) is 4. The Balaban J connectivity index is 1.31. The highest BCUT2D eigenvalue weighted by molar-refractivity contribution is 6.03. The fraction of sp³-hybridized carbons (Fsp3) is 0.148. The smallest absolute Gasteiger partial charge is 0.332 e. The van der Waals surface area contributed by atoms with E-state index in [4.69, 9.17) is 23.4 Å². The van der Waals surface area contributed by atoms with E-state index in [1.54, 1.807) is 60.7 Å². The third-order valence-corrected chi connectivity index (χ3v) is 6.48. The normalized spacial score (nSPS) is 13.4. The van der Waals surface area contributed by atoms with Crippen LogP contribution >= 0.6 is 0 Å². The molecule has 0 atom stereocenters. The first-order chi connectivity index (χ1) is 18.5. The van der Waals surface area contributed by atoms with E-state index in [0.717, 1.165) is 4.57 Å². The van der Waals surface area contributed by atoms with Gasteiger partial charge in [-0.1, -0.05) is 18.2 Å². The van der Waals surface area contributed by atoms with Gasteiger partial charge in [-0.05, 0) is 42.0 Å². The summed E-state index contributed by atoms with van der Waals surface area (Å²) in [5, 5.41) is 3.34. The zero-order valence-corrected chi connectivity index (χ0v) is 19.8. The molecule has 7 rings (SSSR count). The number of carbonyl (C=O) groups excluding carboxylic acids is 1. The second kappa shape index (κ2) is 8.44. The van der Waals surface area contributed by atoms with Crippen LogP contribution in [0.15, 0.2) is 74.7 Å². The molecule has 0 saturated heterocycles. The quantitative estimate of drug-likeness (QED) is 0.381. The van der Waals surface area contributed by atoms with Gasteiger partial charge in [-0.15, -0.1) is 0 Å². The van der Waals surface area contributed by atoms with Crippen molar-refractivity contribution in [2.45, 2.75) is 13.1 Å². The Morgan fingerprint density at radius 2 is 1.53 bits per heavy atom. The molecule has 4 heterocycles. The van der Waals surface area contributed by atoms with Gasteiger partial charge in [0.25, 0.3) is 5.56 Å². The number of rotatable bonds is 5. The number of hydrogen-bond donors (Lipinski definition) is 1. The summed E-state index contributed by atoms with van der Waals surface area (Å²) in [6, 6.07) is 17.2. The van der Waals surface area contributed by atoms with Gasteiger partial charge in [0, 0.05) is 17.1 Å². The molecule has 0 unspecified atom stereocenters. The highest BCUT2D eigenvalue weighted by Gasteiger charge is 2.23. The van der Waals surface area contributed by atoms with Crippen molar-refractivity contribution in [2.24, 2.45) is 0 Å². The molecule has 0 spiro atoms. The van der Waals surface area contributed by atoms with E-state index in [9.17, 15) is 14.4 Å². The van der Waals surface area contributed by atoms with Crippen LogP contribution in [0, 0.1) is 0 Å². The molecule has 190 valence electrons. The Morgan fingerprint density at radius 1 is 0.816 bits per heavy atom. The third-order valence-electron chi connectivity index (χ3n) is 6.48. The molecular formula is C27H19N3O8.